The third kappa shape index (κ3) is 16.1. The molecule has 45 heteroatoms. The van der Waals surface area contributed by atoms with Gasteiger partial charge in [-0.05, 0) is 63.7 Å². The summed E-state index contributed by atoms with van der Waals surface area (Å²) in [6.45, 7) is -4.04. The zero-order valence-electron chi connectivity index (χ0n) is 40.1. The Kier molecular flexibility index (Phi) is 20.1. The molecule has 4 fully saturated rings. The van der Waals surface area contributed by atoms with Crippen molar-refractivity contribution >= 4 is 95.0 Å². The van der Waals surface area contributed by atoms with E-state index in [1.165, 1.54) is 0 Å². The van der Waals surface area contributed by atoms with Gasteiger partial charge in [-0.25, -0.2) is 37.4 Å². The summed E-state index contributed by atoms with van der Waals surface area (Å²) in [5.41, 5.74) is -7.37. The minimum Gasteiger partial charge on any atom is -0.390 e. The van der Waals surface area contributed by atoms with Gasteiger partial charge in [-0.1, -0.05) is 0 Å². The molecule has 4 saturated heterocycles. The van der Waals surface area contributed by atoms with Gasteiger partial charge in [-0.15, -0.1) is 0 Å². The van der Waals surface area contributed by atoms with E-state index in [4.69, 9.17) is 46.1 Å². The summed E-state index contributed by atoms with van der Waals surface area (Å²) < 4.78 is 115. The quantitative estimate of drug-likeness (QED) is 0.0438. The van der Waals surface area contributed by atoms with Gasteiger partial charge in [0.2, 0.25) is 0 Å². The maximum Gasteiger partial charge on any atom is 0.472 e. The van der Waals surface area contributed by atoms with Gasteiger partial charge in [0.1, 0.15) is 67.6 Å². The third-order valence-corrected chi connectivity index (χ3v) is 17.9. The first-order valence-electron chi connectivity index (χ1n) is 22.7. The van der Waals surface area contributed by atoms with Gasteiger partial charge in [0.25, 0.3) is 22.2 Å². The number of phosphoric ester groups is 4. The second kappa shape index (κ2) is 25.5. The van der Waals surface area contributed by atoms with Crippen LogP contribution < -0.4 is 45.0 Å². The molecule has 0 amide bonds. The van der Waals surface area contributed by atoms with Crippen molar-refractivity contribution in [1.29, 1.82) is 0 Å². The standard InChI is InChI=1S/C36H42Br4N8O29P4/c37-13-5-45(33(54)41-29(13)50)25-1-17(49)21(71-25)9-68-79(61,62)76-19-3-27(47-7-15(39)31(52)43-35(47)56)73-23(19)11-70-81(65,66)77-20-4-28(48-8-16(40)32(53)44-36(48)57)74-24(20)12-69-80(63,64)75-18-2-26(72-22(18)10-67-78(58,59)60)46-6-14(38)30(51)42-34(46)55/h5-8,17-28,49H,1-4,9-12H2,(H,61,62)(H,63,64)(H,65,66)(H,41,50,54)(H,42,51,55)(H,43,52,56)(H,44,53,57)(H2,58,59,60)/t17-,18-,19-,20-,21+,22+,23+,24+,25+,26+,27+,28+/m0/s1. The lowest BCUT2D eigenvalue weighted by atomic mass is 10.2. The molecule has 15 atom stereocenters. The highest BCUT2D eigenvalue weighted by atomic mass is 79.9. The van der Waals surface area contributed by atoms with Crippen molar-refractivity contribution in [1.82, 2.24) is 38.2 Å². The van der Waals surface area contributed by atoms with Gasteiger partial charge < -0.3 is 48.5 Å². The van der Waals surface area contributed by atoms with Crippen LogP contribution in [-0.4, -0.2) is 143 Å². The van der Waals surface area contributed by atoms with E-state index in [0.29, 0.717) is 0 Å². The van der Waals surface area contributed by atoms with Crippen LogP contribution >= 0.6 is 95.0 Å². The largest absolute Gasteiger partial charge is 0.472 e. The van der Waals surface area contributed by atoms with Crippen LogP contribution in [0.4, 0.5) is 0 Å². The molecule has 3 unspecified atom stereocenters. The topological polar surface area (TPSA) is 511 Å². The first-order valence-corrected chi connectivity index (χ1v) is 31.9. The Bertz CT molecular complexity index is 3730. The summed E-state index contributed by atoms with van der Waals surface area (Å²) >= 11 is 11.9. The summed E-state index contributed by atoms with van der Waals surface area (Å²) in [4.78, 5) is 159. The van der Waals surface area contributed by atoms with Crippen molar-refractivity contribution in [2.75, 3.05) is 26.4 Å². The summed E-state index contributed by atoms with van der Waals surface area (Å²) in [6, 6.07) is 0. The molecule has 8 rings (SSSR count). The Morgan fingerprint density at radius 3 is 0.963 bits per heavy atom. The van der Waals surface area contributed by atoms with E-state index in [9.17, 15) is 86.2 Å². The number of phosphoric acid groups is 4. The average molecular weight is 1490 g/mol. The minimum absolute atomic E-state index is 0.0571. The molecule has 37 nitrogen and oxygen atoms in total. The molecule has 81 heavy (non-hydrogen) atoms. The molecule has 8 heterocycles. The number of aliphatic hydroxyl groups is 1. The molecule has 0 aliphatic carbocycles. The van der Waals surface area contributed by atoms with Gasteiger partial charge in [-0.3, -0.25) is 89.0 Å². The fourth-order valence-corrected chi connectivity index (χ4v) is 12.9. The second-order valence-electron chi connectivity index (χ2n) is 17.6. The smallest absolute Gasteiger partial charge is 0.390 e. The van der Waals surface area contributed by atoms with E-state index in [2.05, 4.69) is 68.2 Å². The molecule has 10 N–H and O–H groups in total. The minimum atomic E-state index is -5.53. The van der Waals surface area contributed by atoms with Crippen LogP contribution in [0, 0.1) is 0 Å². The molecule has 4 aliphatic heterocycles. The molecule has 0 aromatic carbocycles. The maximum absolute atomic E-state index is 13.9. The lowest BCUT2D eigenvalue weighted by Crippen LogP contribution is -2.33. The van der Waals surface area contributed by atoms with Crippen molar-refractivity contribution in [2.45, 2.75) is 99.4 Å². The van der Waals surface area contributed by atoms with Gasteiger partial charge in [0.05, 0.1) is 50.4 Å². The van der Waals surface area contributed by atoms with E-state index in [1.54, 1.807) is 0 Å². The van der Waals surface area contributed by atoms with Crippen molar-refractivity contribution in [3.63, 3.8) is 0 Å². The van der Waals surface area contributed by atoms with Crippen LogP contribution in [0.1, 0.15) is 50.6 Å². The van der Waals surface area contributed by atoms with E-state index >= 15 is 0 Å². The molecule has 0 spiro atoms. The number of hydrogen-bond acceptors (Lipinski definition) is 24. The number of ether oxygens (including phenoxy) is 4. The maximum atomic E-state index is 13.9. The number of aliphatic hydroxyl groups excluding tert-OH is 1. The van der Waals surface area contributed by atoms with Crippen molar-refractivity contribution in [3.8, 4) is 0 Å². The second-order valence-corrected chi connectivity index (χ2v) is 26.5. The molecule has 4 aliphatic rings. The van der Waals surface area contributed by atoms with Crippen molar-refractivity contribution in [3.05, 3.63) is 126 Å². The number of aromatic nitrogens is 8. The van der Waals surface area contributed by atoms with Crippen LogP contribution in [0.25, 0.3) is 0 Å². The highest BCUT2D eigenvalue weighted by Gasteiger charge is 2.49. The average Bonchev–Trinajstić information content (AvgIpc) is 4.32. The Labute approximate surface area is 480 Å². The number of aromatic amines is 4. The van der Waals surface area contributed by atoms with Crippen LogP contribution in [0.3, 0.4) is 0 Å². The van der Waals surface area contributed by atoms with Crippen LogP contribution in [0.15, 0.2) is 81.0 Å². The summed E-state index contributed by atoms with van der Waals surface area (Å²) in [5, 5.41) is 10.7. The number of rotatable bonds is 22. The molecule has 4 aromatic heterocycles. The molecular formula is C36H42Br4N8O29P4. The van der Waals surface area contributed by atoms with Gasteiger partial charge in [0.15, 0.2) is 0 Å². The molecule has 448 valence electrons. The summed E-state index contributed by atoms with van der Waals surface area (Å²) in [5.74, 6) is 0. The Morgan fingerprint density at radius 1 is 0.432 bits per heavy atom. The fourth-order valence-electron chi connectivity index (χ4n) is 8.41. The van der Waals surface area contributed by atoms with Crippen LogP contribution in [-0.2, 0) is 68.9 Å². The normalized spacial score (nSPS) is 29.2. The molecular weight excluding hydrogens is 1450 g/mol. The van der Waals surface area contributed by atoms with Gasteiger partial charge >= 0.3 is 54.0 Å². The van der Waals surface area contributed by atoms with Crippen molar-refractivity contribution < 1.29 is 98.4 Å². The number of nitrogens with zero attached hydrogens (tertiary/aromatic N) is 4. The number of halogens is 4. The van der Waals surface area contributed by atoms with Crippen molar-refractivity contribution in [2.24, 2.45) is 0 Å². The summed E-state index contributed by atoms with van der Waals surface area (Å²) in [6.07, 6.45) is -16.4. The predicted octanol–water partition coefficient (Wildman–Crippen LogP) is -0.636. The van der Waals surface area contributed by atoms with Gasteiger partial charge in [-0.2, -0.15) is 0 Å². The molecule has 4 aromatic rings. The highest BCUT2D eigenvalue weighted by molar-refractivity contribution is 9.11. The molecule has 0 bridgehead atoms. The SMILES string of the molecule is O=c1[nH]c(=O)n([C@H]2C[C@H](OP(=O)(O)OC[C@H]3O[C@@H](n4cc(Br)c(=O)[nH]c4=O)C[C@@H]3OP(=O)(O)OC[C@H]3O[C@@H](n4cc(Br)c(=O)[nH]c4=O)C[C@@H]3OP(=O)(O)OC[C@H]3O[C@@H](n4cc(Br)c(=O)[nH]c4=O)C[C@@H]3O)[C@@H](COP(=O)(O)O)O2)cc1Br. The Morgan fingerprint density at radius 2 is 0.679 bits per heavy atom. The monoisotopic (exact) mass is 1490 g/mol. The third-order valence-electron chi connectivity index (χ3n) is 12.1. The Balaban J connectivity index is 0.976. The first kappa shape index (κ1) is 63.9. The number of nitrogens with one attached hydrogen (secondary N) is 4. The zero-order chi connectivity index (χ0) is 59.3. The Hall–Kier alpha value is -3.12. The van der Waals surface area contributed by atoms with Crippen LogP contribution in [0.5, 0.6) is 0 Å². The van der Waals surface area contributed by atoms with E-state index in [0.717, 1.165) is 43.1 Å². The van der Waals surface area contributed by atoms with E-state index in [1.807, 2.05) is 19.9 Å². The summed E-state index contributed by atoms with van der Waals surface area (Å²) in [7, 11) is -21.5. The number of hydrogen-bond donors (Lipinski definition) is 10. The lowest BCUT2D eigenvalue weighted by Gasteiger charge is -2.25. The highest BCUT2D eigenvalue weighted by Crippen LogP contribution is 2.54. The number of H-pyrrole nitrogens is 4. The van der Waals surface area contributed by atoms with E-state index in [-0.39, 0.29) is 24.3 Å². The zero-order valence-corrected chi connectivity index (χ0v) is 50.0. The molecule has 0 saturated carbocycles. The van der Waals surface area contributed by atoms with Crippen LogP contribution in [0.2, 0.25) is 0 Å². The lowest BCUT2D eigenvalue weighted by molar-refractivity contribution is -0.0638. The molecule has 0 radical (unpaired) electrons. The fraction of sp³-hybridized carbons (Fsp3) is 0.556. The van der Waals surface area contributed by atoms with Gasteiger partial charge in [0, 0.05) is 50.5 Å². The predicted molar refractivity (Wildman–Crippen MR) is 276 cm³/mol. The van der Waals surface area contributed by atoms with E-state index < -0.39 is 196 Å². The first-order chi connectivity index (χ1) is 37.7.